The first-order valence-electron chi connectivity index (χ1n) is 2.75. The van der Waals surface area contributed by atoms with Crippen LogP contribution in [0.3, 0.4) is 0 Å². The molecule has 0 aliphatic carbocycles. The molecule has 0 aromatic carbocycles. The Morgan fingerprint density at radius 2 is 2.44 bits per heavy atom. The second kappa shape index (κ2) is 2.77. The Kier molecular flexibility index (Phi) is 2.00. The Morgan fingerprint density at radius 3 is 2.89 bits per heavy atom. The topological polar surface area (TPSA) is 37.8 Å². The van der Waals surface area contributed by atoms with E-state index in [0.29, 0.717) is 6.04 Å². The molecule has 1 aromatic heterocycles. The van der Waals surface area contributed by atoms with Crippen molar-refractivity contribution in [3.8, 4) is 0 Å². The van der Waals surface area contributed by atoms with Gasteiger partial charge in [0.05, 0.1) is 0 Å². The zero-order chi connectivity index (χ0) is 6.69. The Bertz CT molecular complexity index is 159. The summed E-state index contributed by atoms with van der Waals surface area (Å²) in [6.45, 7) is 4.13. The second-order valence-electron chi connectivity index (χ2n) is 2.01. The molecule has 3 nitrogen and oxygen atoms in total. The summed E-state index contributed by atoms with van der Waals surface area (Å²) in [5.74, 6) is 0. The van der Waals surface area contributed by atoms with Crippen LogP contribution in [0.5, 0.6) is 0 Å². The minimum Gasteiger partial charge on any atom is -0.372 e. The number of hydrogen-bond donors (Lipinski definition) is 1. The lowest BCUT2D eigenvalue weighted by molar-refractivity contribution is 0.903. The molecule has 0 unspecified atom stereocenters. The number of anilines is 1. The van der Waals surface area contributed by atoms with Crippen molar-refractivity contribution in [2.45, 2.75) is 19.9 Å². The molecule has 49 valence electrons. The first-order valence-corrected chi connectivity index (χ1v) is 3.53. The molecule has 0 amide bonds. The summed E-state index contributed by atoms with van der Waals surface area (Å²) >= 11 is 1.32. The molecule has 0 aliphatic rings. The van der Waals surface area contributed by atoms with Gasteiger partial charge in [0, 0.05) is 17.6 Å². The SMILES string of the molecule is CC(C)Nc1[c]nns1. The van der Waals surface area contributed by atoms with Crippen LogP contribution in [0, 0.1) is 6.20 Å². The van der Waals surface area contributed by atoms with E-state index in [1.807, 2.05) is 0 Å². The largest absolute Gasteiger partial charge is 0.372 e. The third kappa shape index (κ3) is 1.97. The van der Waals surface area contributed by atoms with E-state index in [9.17, 15) is 0 Å². The summed E-state index contributed by atoms with van der Waals surface area (Å²) in [7, 11) is 0. The van der Waals surface area contributed by atoms with E-state index in [-0.39, 0.29) is 0 Å². The number of nitrogens with zero attached hydrogens (tertiary/aromatic N) is 2. The predicted molar refractivity (Wildman–Crippen MR) is 37.5 cm³/mol. The highest BCUT2D eigenvalue weighted by Gasteiger charge is 1.95. The molecule has 0 saturated heterocycles. The van der Waals surface area contributed by atoms with Gasteiger partial charge in [-0.05, 0) is 13.8 Å². The maximum Gasteiger partial charge on any atom is 0.152 e. The molecule has 0 saturated carbocycles. The minimum atomic E-state index is 0.434. The molecule has 4 heteroatoms. The lowest BCUT2D eigenvalue weighted by Gasteiger charge is -2.02. The summed E-state index contributed by atoms with van der Waals surface area (Å²) < 4.78 is 3.65. The molecular formula is C5H8N3S. The van der Waals surface area contributed by atoms with Gasteiger partial charge in [-0.1, -0.05) is 4.49 Å². The van der Waals surface area contributed by atoms with E-state index in [1.54, 1.807) is 0 Å². The van der Waals surface area contributed by atoms with Crippen LogP contribution in [0.25, 0.3) is 0 Å². The van der Waals surface area contributed by atoms with Crippen molar-refractivity contribution < 1.29 is 0 Å². The minimum absolute atomic E-state index is 0.434. The molecule has 0 atom stereocenters. The fourth-order valence-corrected chi connectivity index (χ4v) is 1.00. The first-order chi connectivity index (χ1) is 4.29. The van der Waals surface area contributed by atoms with Gasteiger partial charge < -0.3 is 5.32 Å². The fourth-order valence-electron chi connectivity index (χ4n) is 0.468. The number of aromatic nitrogens is 2. The van der Waals surface area contributed by atoms with Crippen molar-refractivity contribution in [3.63, 3.8) is 0 Å². The second-order valence-corrected chi connectivity index (χ2v) is 2.77. The normalized spacial score (nSPS) is 10.1. The van der Waals surface area contributed by atoms with Crippen LogP contribution >= 0.6 is 11.5 Å². The van der Waals surface area contributed by atoms with E-state index in [1.165, 1.54) is 11.5 Å². The zero-order valence-corrected chi connectivity index (χ0v) is 6.20. The molecule has 9 heavy (non-hydrogen) atoms. The molecule has 0 fully saturated rings. The van der Waals surface area contributed by atoms with Crippen molar-refractivity contribution in [2.75, 3.05) is 5.32 Å². The summed E-state index contributed by atoms with van der Waals surface area (Å²) in [6.07, 6.45) is 2.71. The van der Waals surface area contributed by atoms with E-state index in [0.717, 1.165) is 5.00 Å². The predicted octanol–water partition coefficient (Wildman–Crippen LogP) is 1.16. The highest BCUT2D eigenvalue weighted by Crippen LogP contribution is 2.08. The van der Waals surface area contributed by atoms with Gasteiger partial charge >= 0.3 is 0 Å². The Morgan fingerprint density at radius 1 is 1.67 bits per heavy atom. The molecule has 1 aromatic rings. The third-order valence-corrected chi connectivity index (χ3v) is 1.30. The van der Waals surface area contributed by atoms with Gasteiger partial charge in [-0.2, -0.15) is 0 Å². The first kappa shape index (κ1) is 6.48. The Hall–Kier alpha value is -0.640. The van der Waals surface area contributed by atoms with Crippen LogP contribution in [0.1, 0.15) is 13.8 Å². The van der Waals surface area contributed by atoms with Crippen LogP contribution in [0.4, 0.5) is 5.00 Å². The monoisotopic (exact) mass is 142 g/mol. The van der Waals surface area contributed by atoms with E-state index < -0.39 is 0 Å². The summed E-state index contributed by atoms with van der Waals surface area (Å²) in [6, 6.07) is 0.434. The number of hydrogen-bond acceptors (Lipinski definition) is 4. The van der Waals surface area contributed by atoms with Gasteiger partial charge in [-0.25, -0.2) is 0 Å². The molecule has 0 aliphatic heterocycles. The fraction of sp³-hybridized carbons (Fsp3) is 0.600. The number of rotatable bonds is 2. The molecule has 0 spiro atoms. The standard InChI is InChI=1S/C5H8N3S/c1-4(2)7-5-3-6-8-9-5/h4,7H,1-2H3. The quantitative estimate of drug-likeness (QED) is 0.673. The molecule has 1 radical (unpaired) electrons. The van der Waals surface area contributed by atoms with Crippen molar-refractivity contribution in [1.29, 1.82) is 0 Å². The van der Waals surface area contributed by atoms with Gasteiger partial charge in [-0.3, -0.25) is 0 Å². The van der Waals surface area contributed by atoms with Crippen molar-refractivity contribution >= 4 is 16.5 Å². The van der Waals surface area contributed by atoms with Crippen LogP contribution in [-0.4, -0.2) is 15.6 Å². The van der Waals surface area contributed by atoms with Crippen LogP contribution in [0.2, 0.25) is 0 Å². The van der Waals surface area contributed by atoms with E-state index in [4.69, 9.17) is 0 Å². The molecule has 1 heterocycles. The summed E-state index contributed by atoms with van der Waals surface area (Å²) in [4.78, 5) is 0. The van der Waals surface area contributed by atoms with Gasteiger partial charge in [-0.15, -0.1) is 5.10 Å². The Balaban J connectivity index is 2.48. The smallest absolute Gasteiger partial charge is 0.152 e. The number of nitrogens with one attached hydrogen (secondary N) is 1. The zero-order valence-electron chi connectivity index (χ0n) is 5.38. The maximum atomic E-state index is 3.65. The van der Waals surface area contributed by atoms with Crippen LogP contribution in [0.15, 0.2) is 0 Å². The lowest BCUT2D eigenvalue weighted by Crippen LogP contribution is -2.07. The van der Waals surface area contributed by atoms with Crippen LogP contribution in [-0.2, 0) is 0 Å². The van der Waals surface area contributed by atoms with E-state index in [2.05, 4.69) is 34.9 Å². The van der Waals surface area contributed by atoms with E-state index >= 15 is 0 Å². The summed E-state index contributed by atoms with van der Waals surface area (Å²) in [5.41, 5.74) is 0. The van der Waals surface area contributed by atoms with Crippen molar-refractivity contribution in [3.05, 3.63) is 6.20 Å². The third-order valence-electron chi connectivity index (χ3n) is 0.744. The maximum absolute atomic E-state index is 3.65. The van der Waals surface area contributed by atoms with Gasteiger partial charge in [0.25, 0.3) is 0 Å². The van der Waals surface area contributed by atoms with Gasteiger partial charge in [0.2, 0.25) is 0 Å². The molecular weight excluding hydrogens is 134 g/mol. The molecule has 1 rings (SSSR count). The molecule has 1 N–H and O–H groups in total. The van der Waals surface area contributed by atoms with Crippen molar-refractivity contribution in [2.24, 2.45) is 0 Å². The average Bonchev–Trinajstić information content (AvgIpc) is 2.15. The molecule has 0 bridgehead atoms. The van der Waals surface area contributed by atoms with Crippen molar-refractivity contribution in [1.82, 2.24) is 9.59 Å². The Labute approximate surface area is 58.3 Å². The lowest BCUT2D eigenvalue weighted by atomic mass is 10.4. The van der Waals surface area contributed by atoms with Gasteiger partial charge in [0.1, 0.15) is 5.00 Å². The average molecular weight is 142 g/mol. The van der Waals surface area contributed by atoms with Crippen LogP contribution < -0.4 is 5.32 Å². The highest BCUT2D eigenvalue weighted by atomic mass is 32.1. The van der Waals surface area contributed by atoms with Gasteiger partial charge in [0.15, 0.2) is 6.20 Å². The summed E-state index contributed by atoms with van der Waals surface area (Å²) in [5, 5.41) is 7.59. The highest BCUT2D eigenvalue weighted by molar-refractivity contribution is 7.09.